The minimum atomic E-state index is -5.05. The first kappa shape index (κ1) is 17.1. The molecule has 2 aromatic carbocycles. The number of benzene rings is 2. The van der Waals surface area contributed by atoms with Gasteiger partial charge in [-0.1, -0.05) is 48.6 Å². The van der Waals surface area contributed by atoms with Gasteiger partial charge in [-0.3, -0.25) is 0 Å². The summed E-state index contributed by atoms with van der Waals surface area (Å²) in [7, 11) is -10.1. The molecule has 0 atom stereocenters. The van der Waals surface area contributed by atoms with Gasteiger partial charge in [0.1, 0.15) is 0 Å². The zero-order chi connectivity index (χ0) is 16.4. The fourth-order valence-electron chi connectivity index (χ4n) is 2.21. The van der Waals surface area contributed by atoms with Crippen LogP contribution in [0.5, 0.6) is 0 Å². The maximum absolute atomic E-state index is 9.63. The van der Waals surface area contributed by atoms with Crippen LogP contribution in [-0.4, -0.2) is 19.6 Å². The zero-order valence-electron chi connectivity index (χ0n) is 11.2. The Morgan fingerprint density at radius 2 is 1.50 bits per heavy atom. The van der Waals surface area contributed by atoms with Gasteiger partial charge >= 0.3 is 15.6 Å². The van der Waals surface area contributed by atoms with Crippen LogP contribution < -0.4 is 0 Å². The molecule has 0 heterocycles. The van der Waals surface area contributed by atoms with Crippen LogP contribution in [0.25, 0.3) is 16.8 Å². The van der Waals surface area contributed by atoms with Crippen LogP contribution >= 0.6 is 15.6 Å². The van der Waals surface area contributed by atoms with E-state index in [0.29, 0.717) is 0 Å². The van der Waals surface area contributed by atoms with Gasteiger partial charge in [0.05, 0.1) is 0 Å². The standard InChI is InChI=1S/C13H10.H4O7P2/c1-4-10-6-2-8-12-9-3-7-11(5-1)13(10)12;1-8(2,3)7-9(4,5)6/h1-8H,9H2;(H2,1,2,3)(H2,4,5,6). The second kappa shape index (κ2) is 6.44. The van der Waals surface area contributed by atoms with Crippen LogP contribution in [0.1, 0.15) is 11.1 Å². The first-order valence-corrected chi connectivity index (χ1v) is 9.21. The van der Waals surface area contributed by atoms with Crippen molar-refractivity contribution in [1.82, 2.24) is 0 Å². The summed E-state index contributed by atoms with van der Waals surface area (Å²) in [5.74, 6) is 0. The molecule has 0 aromatic heterocycles. The third-order valence-corrected chi connectivity index (χ3v) is 4.57. The molecule has 0 fully saturated rings. The van der Waals surface area contributed by atoms with Crippen molar-refractivity contribution in [2.75, 3.05) is 0 Å². The van der Waals surface area contributed by atoms with Crippen LogP contribution in [0.4, 0.5) is 0 Å². The molecule has 22 heavy (non-hydrogen) atoms. The zero-order valence-corrected chi connectivity index (χ0v) is 13.0. The normalized spacial score (nSPS) is 13.6. The van der Waals surface area contributed by atoms with Gasteiger partial charge in [-0.05, 0) is 28.3 Å². The van der Waals surface area contributed by atoms with E-state index in [1.807, 2.05) is 0 Å². The summed E-state index contributed by atoms with van der Waals surface area (Å²) in [4.78, 5) is 31.0. The Hall–Kier alpha value is -1.30. The van der Waals surface area contributed by atoms with E-state index in [9.17, 15) is 9.13 Å². The highest BCUT2D eigenvalue weighted by atomic mass is 31.3. The van der Waals surface area contributed by atoms with Gasteiger partial charge in [-0.25, -0.2) is 9.13 Å². The van der Waals surface area contributed by atoms with Crippen molar-refractivity contribution in [3.63, 3.8) is 0 Å². The number of rotatable bonds is 2. The van der Waals surface area contributed by atoms with Gasteiger partial charge in [-0.15, -0.1) is 0 Å². The number of hydrogen-bond acceptors (Lipinski definition) is 3. The third-order valence-electron chi connectivity index (χ3n) is 2.87. The largest absolute Gasteiger partial charge is 0.478 e. The van der Waals surface area contributed by atoms with Crippen LogP contribution in [0.15, 0.2) is 42.5 Å². The van der Waals surface area contributed by atoms with Gasteiger partial charge in [-0.2, -0.15) is 4.31 Å². The van der Waals surface area contributed by atoms with Gasteiger partial charge < -0.3 is 19.6 Å². The van der Waals surface area contributed by atoms with Crippen LogP contribution in [0.3, 0.4) is 0 Å². The van der Waals surface area contributed by atoms with E-state index in [0.717, 1.165) is 6.42 Å². The molecule has 1 aliphatic rings. The van der Waals surface area contributed by atoms with E-state index in [-0.39, 0.29) is 0 Å². The van der Waals surface area contributed by atoms with E-state index in [1.54, 1.807) is 0 Å². The van der Waals surface area contributed by atoms with Crippen molar-refractivity contribution in [3.05, 3.63) is 53.6 Å². The fraction of sp³-hybridized carbons (Fsp3) is 0.0769. The van der Waals surface area contributed by atoms with E-state index in [1.165, 1.54) is 21.9 Å². The van der Waals surface area contributed by atoms with Gasteiger partial charge in [0.2, 0.25) is 0 Å². The summed E-state index contributed by atoms with van der Waals surface area (Å²) in [6, 6.07) is 13.0. The average Bonchev–Trinajstić information content (AvgIpc) is 2.36. The van der Waals surface area contributed by atoms with Crippen molar-refractivity contribution < 1.29 is 33.0 Å². The smallest absolute Gasteiger partial charge is 0.302 e. The lowest BCUT2D eigenvalue weighted by Gasteiger charge is -2.11. The molecule has 4 N–H and O–H groups in total. The highest BCUT2D eigenvalue weighted by molar-refractivity contribution is 7.60. The molecule has 7 nitrogen and oxygen atoms in total. The quantitative estimate of drug-likeness (QED) is 0.617. The minimum absolute atomic E-state index is 1.08. The second-order valence-electron chi connectivity index (χ2n) is 4.53. The Bertz CT molecular complexity index is 778. The number of phosphoric acid groups is 2. The van der Waals surface area contributed by atoms with E-state index in [2.05, 4.69) is 52.9 Å². The Morgan fingerprint density at radius 3 is 2.05 bits per heavy atom. The molecule has 0 spiro atoms. The summed E-state index contributed by atoms with van der Waals surface area (Å²) in [5, 5.41) is 2.80. The molecule has 0 bridgehead atoms. The van der Waals surface area contributed by atoms with Crippen LogP contribution in [0, 0.1) is 0 Å². The second-order valence-corrected chi connectivity index (χ2v) is 7.15. The summed E-state index contributed by atoms with van der Waals surface area (Å²) in [6.07, 6.45) is 5.53. The fourth-order valence-corrected chi connectivity index (χ4v) is 3.32. The van der Waals surface area contributed by atoms with E-state index < -0.39 is 15.6 Å². The molecule has 0 unspecified atom stereocenters. The van der Waals surface area contributed by atoms with Crippen molar-refractivity contribution in [2.24, 2.45) is 0 Å². The molecule has 3 rings (SSSR count). The van der Waals surface area contributed by atoms with Crippen molar-refractivity contribution in [1.29, 1.82) is 0 Å². The molecule has 0 amide bonds. The molecule has 0 radical (unpaired) electrons. The Kier molecular flexibility index (Phi) is 5.00. The summed E-state index contributed by atoms with van der Waals surface area (Å²) < 4.78 is 22.2. The lowest BCUT2D eigenvalue weighted by Crippen LogP contribution is -1.91. The number of allylic oxidation sites excluding steroid dienone is 1. The maximum Gasteiger partial charge on any atom is 0.478 e. The predicted molar refractivity (Wildman–Crippen MR) is 81.9 cm³/mol. The summed E-state index contributed by atoms with van der Waals surface area (Å²) >= 11 is 0. The molecule has 0 saturated heterocycles. The minimum Gasteiger partial charge on any atom is -0.302 e. The van der Waals surface area contributed by atoms with Crippen molar-refractivity contribution >= 4 is 32.5 Å². The summed E-state index contributed by atoms with van der Waals surface area (Å²) in [5.41, 5.74) is 2.81. The highest BCUT2D eigenvalue weighted by Gasteiger charge is 2.27. The first-order valence-electron chi connectivity index (χ1n) is 6.15. The van der Waals surface area contributed by atoms with E-state index >= 15 is 0 Å². The molecule has 9 heteroatoms. The van der Waals surface area contributed by atoms with Crippen molar-refractivity contribution in [2.45, 2.75) is 6.42 Å². The van der Waals surface area contributed by atoms with E-state index in [4.69, 9.17) is 19.6 Å². The first-order chi connectivity index (χ1) is 10.2. The molecule has 0 saturated carbocycles. The van der Waals surface area contributed by atoms with Crippen LogP contribution in [-0.2, 0) is 19.9 Å². The predicted octanol–water partition coefficient (Wildman–Crippen LogP) is 2.60. The van der Waals surface area contributed by atoms with Crippen LogP contribution in [0.2, 0.25) is 0 Å². The third kappa shape index (κ3) is 4.87. The van der Waals surface area contributed by atoms with Crippen molar-refractivity contribution in [3.8, 4) is 0 Å². The number of hydrogen-bond donors (Lipinski definition) is 4. The molecule has 118 valence electrons. The van der Waals surface area contributed by atoms with Gasteiger partial charge in [0.25, 0.3) is 0 Å². The van der Waals surface area contributed by atoms with Gasteiger partial charge in [0.15, 0.2) is 0 Å². The molecular weight excluding hydrogens is 330 g/mol. The summed E-state index contributed by atoms with van der Waals surface area (Å²) in [6.45, 7) is 0. The molecule has 2 aromatic rings. The maximum atomic E-state index is 9.63. The molecule has 0 aliphatic heterocycles. The topological polar surface area (TPSA) is 124 Å². The molecular formula is C13H14O7P2. The average molecular weight is 344 g/mol. The Balaban J connectivity index is 0.000000175. The Labute approximate surface area is 126 Å². The molecule has 1 aliphatic carbocycles. The lowest BCUT2D eigenvalue weighted by molar-refractivity contribution is 0.225. The lowest BCUT2D eigenvalue weighted by atomic mass is 9.93. The monoisotopic (exact) mass is 344 g/mol. The Morgan fingerprint density at radius 1 is 0.909 bits per heavy atom. The van der Waals surface area contributed by atoms with Gasteiger partial charge in [0, 0.05) is 0 Å². The SMILES string of the molecule is C1=Cc2cccc3cccc(c23)C1.O=P(O)(O)OP(=O)(O)O. The highest BCUT2D eigenvalue weighted by Crippen LogP contribution is 2.53.